The van der Waals surface area contributed by atoms with Crippen molar-refractivity contribution >= 4 is 22.8 Å². The van der Waals surface area contributed by atoms with Gasteiger partial charge in [0, 0.05) is 30.8 Å². The van der Waals surface area contributed by atoms with E-state index in [0.29, 0.717) is 18.8 Å². The van der Waals surface area contributed by atoms with E-state index in [1.165, 1.54) is 12.1 Å². The Balaban J connectivity index is 1.44. The molecule has 2 heterocycles. The van der Waals surface area contributed by atoms with E-state index in [9.17, 15) is 9.18 Å². The maximum absolute atomic E-state index is 13.0. The molecule has 4 rings (SSSR count). The minimum Gasteiger partial charge on any atom is -0.497 e. The average molecular weight is 354 g/mol. The Morgan fingerprint density at radius 1 is 1.31 bits per heavy atom. The molecule has 2 N–H and O–H groups in total. The molecular formula is C19H19FN4O2. The zero-order valence-corrected chi connectivity index (χ0v) is 14.3. The molecule has 0 saturated carbocycles. The van der Waals surface area contributed by atoms with Crippen LogP contribution in [0, 0.1) is 5.82 Å². The molecule has 2 aromatic carbocycles. The third kappa shape index (κ3) is 3.20. The quantitative estimate of drug-likeness (QED) is 0.753. The van der Waals surface area contributed by atoms with Crippen molar-refractivity contribution in [3.63, 3.8) is 0 Å². The molecule has 26 heavy (non-hydrogen) atoms. The fourth-order valence-electron chi connectivity index (χ4n) is 3.23. The number of carbonyl (C=O) groups excluding carboxylic acids is 1. The number of anilines is 1. The molecule has 3 aromatic rings. The van der Waals surface area contributed by atoms with Crippen molar-refractivity contribution in [1.29, 1.82) is 0 Å². The third-order valence-electron chi connectivity index (χ3n) is 4.67. The van der Waals surface area contributed by atoms with E-state index >= 15 is 0 Å². The van der Waals surface area contributed by atoms with Crippen LogP contribution in [-0.4, -0.2) is 41.1 Å². The van der Waals surface area contributed by atoms with Gasteiger partial charge in [-0.05, 0) is 42.8 Å². The van der Waals surface area contributed by atoms with Crippen LogP contribution in [0.15, 0.2) is 42.5 Å². The fraction of sp³-hybridized carbons (Fsp3) is 0.263. The van der Waals surface area contributed by atoms with Gasteiger partial charge in [0.25, 0.3) is 0 Å². The molecule has 1 saturated heterocycles. The smallest absolute Gasteiger partial charge is 0.321 e. The summed E-state index contributed by atoms with van der Waals surface area (Å²) in [5.74, 6) is 1.49. The van der Waals surface area contributed by atoms with Gasteiger partial charge in [-0.3, -0.25) is 0 Å². The van der Waals surface area contributed by atoms with Crippen molar-refractivity contribution in [3.8, 4) is 5.75 Å². The Hall–Kier alpha value is -3.09. The van der Waals surface area contributed by atoms with Crippen LogP contribution in [0.25, 0.3) is 11.0 Å². The first-order chi connectivity index (χ1) is 12.6. The molecule has 1 atom stereocenters. The highest BCUT2D eigenvalue weighted by atomic mass is 19.1. The number of hydrogen-bond donors (Lipinski definition) is 2. The highest BCUT2D eigenvalue weighted by Crippen LogP contribution is 2.28. The summed E-state index contributed by atoms with van der Waals surface area (Å²) in [6.45, 7) is 1.24. The first kappa shape index (κ1) is 16.4. The van der Waals surface area contributed by atoms with Crippen LogP contribution in [0.5, 0.6) is 5.75 Å². The molecule has 0 spiro atoms. The number of imidazole rings is 1. The molecule has 6 nitrogen and oxygen atoms in total. The number of nitrogens with one attached hydrogen (secondary N) is 2. The van der Waals surface area contributed by atoms with Gasteiger partial charge in [-0.1, -0.05) is 0 Å². The van der Waals surface area contributed by atoms with E-state index < -0.39 is 0 Å². The number of benzene rings is 2. The molecule has 0 bridgehead atoms. The predicted molar refractivity (Wildman–Crippen MR) is 97.0 cm³/mol. The molecule has 1 fully saturated rings. The number of fused-ring (bicyclic) bond motifs is 1. The number of rotatable bonds is 3. The number of likely N-dealkylation sites (tertiary alicyclic amines) is 1. The number of nitrogens with zero attached hydrogens (tertiary/aromatic N) is 2. The second kappa shape index (κ2) is 6.67. The van der Waals surface area contributed by atoms with E-state index in [2.05, 4.69) is 15.3 Å². The van der Waals surface area contributed by atoms with E-state index in [0.717, 1.165) is 29.0 Å². The maximum Gasteiger partial charge on any atom is 0.321 e. The number of ether oxygens (including phenoxy) is 1. The monoisotopic (exact) mass is 354 g/mol. The number of carbonyl (C=O) groups is 1. The van der Waals surface area contributed by atoms with Gasteiger partial charge in [-0.25, -0.2) is 14.2 Å². The summed E-state index contributed by atoms with van der Waals surface area (Å²) in [5.41, 5.74) is 2.39. The van der Waals surface area contributed by atoms with Gasteiger partial charge in [0.05, 0.1) is 18.1 Å². The highest BCUT2D eigenvalue weighted by Gasteiger charge is 2.29. The van der Waals surface area contributed by atoms with Gasteiger partial charge < -0.3 is 19.9 Å². The minimum absolute atomic E-state index is 0.160. The highest BCUT2D eigenvalue weighted by molar-refractivity contribution is 5.89. The van der Waals surface area contributed by atoms with Gasteiger partial charge in [0.2, 0.25) is 0 Å². The van der Waals surface area contributed by atoms with E-state index in [1.807, 2.05) is 18.2 Å². The number of H-pyrrole nitrogens is 1. The van der Waals surface area contributed by atoms with Crippen molar-refractivity contribution in [1.82, 2.24) is 14.9 Å². The number of amides is 2. The largest absolute Gasteiger partial charge is 0.497 e. The summed E-state index contributed by atoms with van der Waals surface area (Å²) >= 11 is 0. The molecule has 1 unspecified atom stereocenters. The lowest BCUT2D eigenvalue weighted by molar-refractivity contribution is 0.222. The maximum atomic E-state index is 13.0. The Labute approximate surface area is 150 Å². The van der Waals surface area contributed by atoms with Crippen molar-refractivity contribution in [2.24, 2.45) is 0 Å². The van der Waals surface area contributed by atoms with E-state index in [-0.39, 0.29) is 17.8 Å². The van der Waals surface area contributed by atoms with Gasteiger partial charge >= 0.3 is 6.03 Å². The van der Waals surface area contributed by atoms with Gasteiger partial charge in [0.15, 0.2) is 0 Å². The van der Waals surface area contributed by atoms with Crippen LogP contribution in [0.4, 0.5) is 14.9 Å². The van der Waals surface area contributed by atoms with Crippen LogP contribution in [-0.2, 0) is 0 Å². The molecule has 0 aliphatic carbocycles. The Kier molecular flexibility index (Phi) is 4.20. The van der Waals surface area contributed by atoms with Crippen molar-refractivity contribution in [2.75, 3.05) is 25.5 Å². The van der Waals surface area contributed by atoms with Crippen LogP contribution < -0.4 is 10.1 Å². The molecule has 7 heteroatoms. The molecule has 1 aliphatic rings. The number of halogens is 1. The predicted octanol–water partition coefficient (Wildman–Crippen LogP) is 3.73. The van der Waals surface area contributed by atoms with E-state index in [1.54, 1.807) is 24.1 Å². The topological polar surface area (TPSA) is 70.2 Å². The normalized spacial score (nSPS) is 16.8. The molecular weight excluding hydrogens is 335 g/mol. The van der Waals surface area contributed by atoms with Crippen LogP contribution in [0.2, 0.25) is 0 Å². The Bertz CT molecular complexity index is 938. The number of aromatic nitrogens is 2. The summed E-state index contributed by atoms with van der Waals surface area (Å²) in [4.78, 5) is 22.1. The Morgan fingerprint density at radius 2 is 2.12 bits per heavy atom. The summed E-state index contributed by atoms with van der Waals surface area (Å²) in [7, 11) is 1.63. The summed E-state index contributed by atoms with van der Waals surface area (Å²) in [6, 6.07) is 11.3. The van der Waals surface area contributed by atoms with Crippen LogP contribution in [0.3, 0.4) is 0 Å². The first-order valence-electron chi connectivity index (χ1n) is 8.47. The third-order valence-corrected chi connectivity index (χ3v) is 4.67. The average Bonchev–Trinajstić information content (AvgIpc) is 3.29. The fourth-order valence-corrected chi connectivity index (χ4v) is 3.23. The summed E-state index contributed by atoms with van der Waals surface area (Å²) < 4.78 is 18.2. The second-order valence-electron chi connectivity index (χ2n) is 6.37. The van der Waals surface area contributed by atoms with Crippen molar-refractivity contribution in [3.05, 3.63) is 54.1 Å². The number of methoxy groups -OCH3 is 1. The number of hydrogen-bond acceptors (Lipinski definition) is 3. The van der Waals surface area contributed by atoms with Gasteiger partial charge in [-0.15, -0.1) is 0 Å². The van der Waals surface area contributed by atoms with Gasteiger partial charge in [-0.2, -0.15) is 0 Å². The zero-order chi connectivity index (χ0) is 18.1. The van der Waals surface area contributed by atoms with Crippen LogP contribution in [0.1, 0.15) is 18.2 Å². The van der Waals surface area contributed by atoms with Crippen LogP contribution >= 0.6 is 0 Å². The minimum atomic E-state index is -0.328. The second-order valence-corrected chi connectivity index (χ2v) is 6.37. The lowest BCUT2D eigenvalue weighted by atomic mass is 10.1. The standard InChI is InChI=1S/C19H19FN4O2/c1-26-15-6-7-16-17(10-15)23-18(22-16)12-8-9-24(11-12)19(25)21-14-4-2-13(20)3-5-14/h2-7,10,12H,8-9,11H2,1H3,(H,21,25)(H,22,23). The first-order valence-corrected chi connectivity index (χ1v) is 8.47. The lowest BCUT2D eigenvalue weighted by Gasteiger charge is -2.17. The zero-order valence-electron chi connectivity index (χ0n) is 14.3. The summed E-state index contributed by atoms with van der Waals surface area (Å²) in [5, 5.41) is 2.80. The number of aromatic amines is 1. The molecule has 2 amide bonds. The van der Waals surface area contributed by atoms with Gasteiger partial charge in [0.1, 0.15) is 17.4 Å². The van der Waals surface area contributed by atoms with Crippen molar-refractivity contribution in [2.45, 2.75) is 12.3 Å². The molecule has 134 valence electrons. The lowest BCUT2D eigenvalue weighted by Crippen LogP contribution is -2.32. The Morgan fingerprint density at radius 3 is 2.88 bits per heavy atom. The molecule has 1 aromatic heterocycles. The molecule has 0 radical (unpaired) electrons. The number of urea groups is 1. The SMILES string of the molecule is COc1ccc2nc(C3CCN(C(=O)Nc4ccc(F)cc4)C3)[nH]c2c1. The summed E-state index contributed by atoms with van der Waals surface area (Å²) in [6.07, 6.45) is 0.841. The van der Waals surface area contributed by atoms with Crippen molar-refractivity contribution < 1.29 is 13.9 Å². The molecule has 1 aliphatic heterocycles. The van der Waals surface area contributed by atoms with E-state index in [4.69, 9.17) is 4.74 Å².